The number of carbonyl (C=O) groups excluding carboxylic acids is 1. The summed E-state index contributed by atoms with van der Waals surface area (Å²) in [6.07, 6.45) is 2.94. The number of ketones is 1. The van der Waals surface area contributed by atoms with Crippen LogP contribution in [0.3, 0.4) is 0 Å². The summed E-state index contributed by atoms with van der Waals surface area (Å²) in [4.78, 5) is 12.6. The Hall–Kier alpha value is -0.930. The molecule has 1 fully saturated rings. The molecule has 0 saturated carbocycles. The minimum Gasteiger partial charge on any atom is -0.316 e. The lowest BCUT2D eigenvalue weighted by Crippen LogP contribution is -2.45. The Labute approximate surface area is 118 Å². The number of hydrogen-bond donors (Lipinski definition) is 1. The van der Waals surface area contributed by atoms with E-state index < -0.39 is 5.82 Å². The van der Waals surface area contributed by atoms with Gasteiger partial charge in [0, 0.05) is 18.4 Å². The standard InChI is InChI=1S/C15H19ClFNO/c1-2-15(7-4-8-18-10-15)13(19)9-11-5-3-6-12(17)14(11)16/h3,5-6,18H,2,4,7-10H2,1H3. The zero-order chi connectivity index (χ0) is 13.9. The number of rotatable bonds is 4. The Morgan fingerprint density at radius 2 is 2.32 bits per heavy atom. The zero-order valence-electron chi connectivity index (χ0n) is 11.1. The van der Waals surface area contributed by atoms with Crippen molar-refractivity contribution in [3.63, 3.8) is 0 Å². The van der Waals surface area contributed by atoms with E-state index in [1.807, 2.05) is 6.92 Å². The molecule has 19 heavy (non-hydrogen) atoms. The minimum absolute atomic E-state index is 0.0749. The second-order valence-electron chi connectivity index (χ2n) is 5.23. The van der Waals surface area contributed by atoms with Crippen LogP contribution in [0.25, 0.3) is 0 Å². The molecule has 1 saturated heterocycles. The van der Waals surface area contributed by atoms with E-state index in [9.17, 15) is 9.18 Å². The number of halogens is 2. The molecule has 0 radical (unpaired) electrons. The molecule has 104 valence electrons. The highest BCUT2D eigenvalue weighted by molar-refractivity contribution is 6.31. The molecule has 1 aromatic rings. The van der Waals surface area contributed by atoms with Crippen LogP contribution in [0.5, 0.6) is 0 Å². The molecule has 2 rings (SSSR count). The summed E-state index contributed by atoms with van der Waals surface area (Å²) in [6, 6.07) is 4.64. The summed E-state index contributed by atoms with van der Waals surface area (Å²) in [5.74, 6) is -0.297. The Morgan fingerprint density at radius 1 is 1.53 bits per heavy atom. The first-order valence-electron chi connectivity index (χ1n) is 6.76. The van der Waals surface area contributed by atoms with E-state index in [1.165, 1.54) is 6.07 Å². The Balaban J connectivity index is 2.17. The maximum absolute atomic E-state index is 13.4. The smallest absolute Gasteiger partial charge is 0.144 e. The van der Waals surface area contributed by atoms with Crippen LogP contribution in [-0.4, -0.2) is 18.9 Å². The molecule has 0 aliphatic carbocycles. The summed E-state index contributed by atoms with van der Waals surface area (Å²) in [7, 11) is 0. The number of piperidine rings is 1. The maximum atomic E-state index is 13.4. The highest BCUT2D eigenvalue weighted by atomic mass is 35.5. The quantitative estimate of drug-likeness (QED) is 0.918. The molecule has 0 spiro atoms. The van der Waals surface area contributed by atoms with E-state index in [1.54, 1.807) is 12.1 Å². The molecule has 1 aliphatic rings. The van der Waals surface area contributed by atoms with Crippen molar-refractivity contribution in [3.8, 4) is 0 Å². The molecule has 1 aromatic carbocycles. The second kappa shape index (κ2) is 6.02. The SMILES string of the molecule is CCC1(C(=O)Cc2cccc(F)c2Cl)CCCNC1. The first-order valence-corrected chi connectivity index (χ1v) is 7.14. The second-order valence-corrected chi connectivity index (χ2v) is 5.61. The average Bonchev–Trinajstić information content (AvgIpc) is 2.44. The highest BCUT2D eigenvalue weighted by Crippen LogP contribution is 2.33. The van der Waals surface area contributed by atoms with E-state index in [4.69, 9.17) is 11.6 Å². The van der Waals surface area contributed by atoms with Crippen LogP contribution < -0.4 is 5.32 Å². The first-order chi connectivity index (χ1) is 9.09. The Kier molecular flexibility index (Phi) is 4.58. The third kappa shape index (κ3) is 2.98. The van der Waals surface area contributed by atoms with Gasteiger partial charge in [-0.15, -0.1) is 0 Å². The number of carbonyl (C=O) groups is 1. The van der Waals surface area contributed by atoms with E-state index >= 15 is 0 Å². The minimum atomic E-state index is -0.459. The lowest BCUT2D eigenvalue weighted by molar-refractivity contribution is -0.129. The van der Waals surface area contributed by atoms with Crippen LogP contribution in [0, 0.1) is 11.2 Å². The highest BCUT2D eigenvalue weighted by Gasteiger charge is 2.37. The van der Waals surface area contributed by atoms with E-state index in [0.29, 0.717) is 5.56 Å². The van der Waals surface area contributed by atoms with Crippen LogP contribution in [0.1, 0.15) is 31.7 Å². The van der Waals surface area contributed by atoms with Crippen LogP contribution in [0.4, 0.5) is 4.39 Å². The van der Waals surface area contributed by atoms with Gasteiger partial charge in [-0.25, -0.2) is 4.39 Å². The van der Waals surface area contributed by atoms with Gasteiger partial charge in [0.05, 0.1) is 5.02 Å². The van der Waals surface area contributed by atoms with Crippen molar-refractivity contribution >= 4 is 17.4 Å². The van der Waals surface area contributed by atoms with Crippen molar-refractivity contribution in [2.75, 3.05) is 13.1 Å². The fraction of sp³-hybridized carbons (Fsp3) is 0.533. The first kappa shape index (κ1) is 14.5. The predicted molar refractivity (Wildman–Crippen MR) is 74.9 cm³/mol. The van der Waals surface area contributed by atoms with Crippen molar-refractivity contribution in [3.05, 3.63) is 34.6 Å². The van der Waals surface area contributed by atoms with Gasteiger partial charge in [0.25, 0.3) is 0 Å². The fourth-order valence-corrected chi connectivity index (χ4v) is 2.94. The van der Waals surface area contributed by atoms with Gasteiger partial charge >= 0.3 is 0 Å². The monoisotopic (exact) mass is 283 g/mol. The van der Waals surface area contributed by atoms with Crippen molar-refractivity contribution in [2.45, 2.75) is 32.6 Å². The normalized spacial score (nSPS) is 23.3. The molecule has 2 nitrogen and oxygen atoms in total. The van der Waals surface area contributed by atoms with Crippen LogP contribution in [-0.2, 0) is 11.2 Å². The molecule has 0 amide bonds. The lowest BCUT2D eigenvalue weighted by atomic mass is 9.73. The van der Waals surface area contributed by atoms with Crippen LogP contribution in [0.2, 0.25) is 5.02 Å². The van der Waals surface area contributed by atoms with Crippen molar-refractivity contribution < 1.29 is 9.18 Å². The fourth-order valence-electron chi connectivity index (χ4n) is 2.75. The molecule has 1 N–H and O–H groups in total. The van der Waals surface area contributed by atoms with Crippen molar-refractivity contribution in [2.24, 2.45) is 5.41 Å². The molecule has 4 heteroatoms. The third-order valence-electron chi connectivity index (χ3n) is 4.12. The number of hydrogen-bond acceptors (Lipinski definition) is 2. The predicted octanol–water partition coefficient (Wildman–Crippen LogP) is 3.37. The molecule has 0 bridgehead atoms. The zero-order valence-corrected chi connectivity index (χ0v) is 11.9. The van der Waals surface area contributed by atoms with Gasteiger partial charge in [-0.05, 0) is 37.4 Å². The molecule has 1 aliphatic heterocycles. The molecule has 1 atom stereocenters. The van der Waals surface area contributed by atoms with Gasteiger partial charge < -0.3 is 5.32 Å². The summed E-state index contributed by atoms with van der Waals surface area (Å²) in [5.41, 5.74) is 0.276. The topological polar surface area (TPSA) is 29.1 Å². The van der Waals surface area contributed by atoms with E-state index in [2.05, 4.69) is 5.32 Å². The van der Waals surface area contributed by atoms with Gasteiger partial charge in [-0.1, -0.05) is 30.7 Å². The van der Waals surface area contributed by atoms with Gasteiger partial charge in [0.1, 0.15) is 11.6 Å². The van der Waals surface area contributed by atoms with E-state index in [-0.39, 0.29) is 22.6 Å². The number of benzene rings is 1. The summed E-state index contributed by atoms with van der Waals surface area (Å²) < 4.78 is 13.4. The van der Waals surface area contributed by atoms with E-state index in [0.717, 1.165) is 32.4 Å². The van der Waals surface area contributed by atoms with Crippen molar-refractivity contribution in [1.82, 2.24) is 5.32 Å². The molecule has 0 aromatic heterocycles. The Morgan fingerprint density at radius 3 is 2.95 bits per heavy atom. The maximum Gasteiger partial charge on any atom is 0.144 e. The van der Waals surface area contributed by atoms with Crippen LogP contribution in [0.15, 0.2) is 18.2 Å². The van der Waals surface area contributed by atoms with Crippen LogP contribution >= 0.6 is 11.6 Å². The van der Waals surface area contributed by atoms with Crippen molar-refractivity contribution in [1.29, 1.82) is 0 Å². The largest absolute Gasteiger partial charge is 0.316 e. The van der Waals surface area contributed by atoms with Gasteiger partial charge in [0.2, 0.25) is 0 Å². The Bertz CT molecular complexity index is 469. The van der Waals surface area contributed by atoms with Gasteiger partial charge in [0.15, 0.2) is 0 Å². The summed E-state index contributed by atoms with van der Waals surface area (Å²) >= 11 is 5.92. The summed E-state index contributed by atoms with van der Waals surface area (Å²) in [6.45, 7) is 3.73. The summed E-state index contributed by atoms with van der Waals surface area (Å²) in [5, 5.41) is 3.37. The van der Waals surface area contributed by atoms with Gasteiger partial charge in [-0.2, -0.15) is 0 Å². The molecule has 1 heterocycles. The molecule has 1 unspecified atom stereocenters. The molecular formula is C15H19ClFNO. The number of Topliss-reactive ketones (excluding diaryl/α,β-unsaturated/α-hetero) is 1. The lowest BCUT2D eigenvalue weighted by Gasteiger charge is -2.35. The number of nitrogens with one attached hydrogen (secondary N) is 1. The third-order valence-corrected chi connectivity index (χ3v) is 4.55. The van der Waals surface area contributed by atoms with Gasteiger partial charge in [-0.3, -0.25) is 4.79 Å². The molecular weight excluding hydrogens is 265 g/mol. The average molecular weight is 284 g/mol.